The molecule has 9 nitrogen and oxygen atoms in total. The molecule has 0 radical (unpaired) electrons. The molecular weight excluding hydrogens is 1030 g/mol. The van der Waals surface area contributed by atoms with Gasteiger partial charge in [0.1, 0.15) is 24.4 Å². The fraction of sp³-hybridized carbons (Fsp3) is 0.932. The average Bonchev–Trinajstić information content (AvgIpc) is 3.50. The highest BCUT2D eigenvalue weighted by molar-refractivity contribution is 5.76. The van der Waals surface area contributed by atoms with E-state index < -0.39 is 49.5 Å². The molecule has 6 N–H and O–H groups in total. The highest BCUT2D eigenvalue weighted by Gasteiger charge is 2.44. The van der Waals surface area contributed by atoms with Crippen LogP contribution in [0.1, 0.15) is 386 Å². The summed E-state index contributed by atoms with van der Waals surface area (Å²) in [5, 5.41) is 54.7. The van der Waals surface area contributed by atoms with E-state index in [4.69, 9.17) is 9.47 Å². The summed E-state index contributed by atoms with van der Waals surface area (Å²) < 4.78 is 11.3. The van der Waals surface area contributed by atoms with Crippen LogP contribution in [0.4, 0.5) is 0 Å². The SMILES string of the molecule is CCCCCCCCCCCCCCCCCCC/C=C/CC/C=C/C(O)C(COC1OC(CO)C(O)C(O)C1O)NC(=O)CCCCCCCCCCCCCCCCCCCCCCCCCCCCCCCCCCCCCCC. The molecule has 492 valence electrons. The quantitative estimate of drug-likeness (QED) is 0.0261. The number of unbranched alkanes of at least 4 members (excludes halogenated alkanes) is 54. The minimum Gasteiger partial charge on any atom is -0.394 e. The zero-order valence-electron chi connectivity index (χ0n) is 55.2. The normalized spacial score (nSPS) is 18.3. The zero-order valence-corrected chi connectivity index (χ0v) is 55.2. The zero-order chi connectivity index (χ0) is 60.0. The van der Waals surface area contributed by atoms with Crippen molar-refractivity contribution >= 4 is 5.91 Å². The van der Waals surface area contributed by atoms with Crippen LogP contribution in [-0.4, -0.2) is 87.5 Å². The van der Waals surface area contributed by atoms with Gasteiger partial charge in [0.25, 0.3) is 0 Å². The first-order valence-corrected chi connectivity index (χ1v) is 37.1. The van der Waals surface area contributed by atoms with Gasteiger partial charge in [-0.1, -0.05) is 372 Å². The molecule has 0 bridgehead atoms. The van der Waals surface area contributed by atoms with Crippen molar-refractivity contribution in [3.05, 3.63) is 24.3 Å². The summed E-state index contributed by atoms with van der Waals surface area (Å²) in [4.78, 5) is 13.1. The average molecular weight is 1170 g/mol. The third-order valence-electron chi connectivity index (χ3n) is 18.0. The molecular formula is C74H143NO8. The molecule has 1 aliphatic rings. The Morgan fingerprint density at radius 2 is 0.687 bits per heavy atom. The van der Waals surface area contributed by atoms with E-state index >= 15 is 0 Å². The van der Waals surface area contributed by atoms with E-state index in [1.54, 1.807) is 6.08 Å². The van der Waals surface area contributed by atoms with Crippen molar-refractivity contribution in [2.75, 3.05) is 13.2 Å². The topological polar surface area (TPSA) is 149 Å². The Kier molecular flexibility index (Phi) is 61.1. The molecule has 9 heteroatoms. The van der Waals surface area contributed by atoms with E-state index in [2.05, 4.69) is 31.3 Å². The lowest BCUT2D eigenvalue weighted by molar-refractivity contribution is -0.302. The lowest BCUT2D eigenvalue weighted by atomic mass is 9.99. The van der Waals surface area contributed by atoms with E-state index in [0.717, 1.165) is 38.5 Å². The van der Waals surface area contributed by atoms with Crippen molar-refractivity contribution in [1.82, 2.24) is 5.32 Å². The second-order valence-electron chi connectivity index (χ2n) is 26.1. The van der Waals surface area contributed by atoms with Crippen molar-refractivity contribution in [2.24, 2.45) is 0 Å². The number of ether oxygens (including phenoxy) is 2. The van der Waals surface area contributed by atoms with Crippen LogP contribution in [0.5, 0.6) is 0 Å². The molecule has 0 saturated carbocycles. The summed E-state index contributed by atoms with van der Waals surface area (Å²) >= 11 is 0. The molecule has 1 aliphatic heterocycles. The molecule has 0 spiro atoms. The summed E-state index contributed by atoms with van der Waals surface area (Å²) in [7, 11) is 0. The molecule has 0 aliphatic carbocycles. The standard InChI is InChI=1S/C74H143NO8/c1-3-5-7-9-11-13-15-17-19-21-23-25-27-28-29-30-31-32-33-34-35-36-37-38-39-40-42-44-46-48-50-52-54-56-58-60-62-64-70(78)75-67(66-82-74-73(81)72(80)71(79)69(65-76)83-74)68(77)63-61-59-57-55-53-51-49-47-45-43-41-26-24-22-20-18-16-14-12-10-8-6-4-2/h53,55,61,63,67-69,71-74,76-77,79-81H,3-52,54,56-60,62,64-66H2,1-2H3,(H,75,78)/b55-53+,63-61+. The van der Waals surface area contributed by atoms with Gasteiger partial charge < -0.3 is 40.3 Å². The molecule has 1 saturated heterocycles. The first-order valence-electron chi connectivity index (χ1n) is 37.1. The first kappa shape index (κ1) is 79.7. The predicted molar refractivity (Wildman–Crippen MR) is 355 cm³/mol. The maximum absolute atomic E-state index is 13.1. The van der Waals surface area contributed by atoms with Crippen LogP contribution in [0.2, 0.25) is 0 Å². The number of carbonyl (C=O) groups is 1. The summed E-state index contributed by atoms with van der Waals surface area (Å²) in [6.45, 7) is 3.83. The Hall–Kier alpha value is -1.33. The van der Waals surface area contributed by atoms with Crippen molar-refractivity contribution in [2.45, 2.75) is 429 Å². The van der Waals surface area contributed by atoms with Gasteiger partial charge in [-0.05, 0) is 32.1 Å². The van der Waals surface area contributed by atoms with E-state index in [-0.39, 0.29) is 12.5 Å². The fourth-order valence-corrected chi connectivity index (χ4v) is 12.2. The lowest BCUT2D eigenvalue weighted by Gasteiger charge is -2.40. The predicted octanol–water partition coefficient (Wildman–Crippen LogP) is 20.4. The van der Waals surface area contributed by atoms with Gasteiger partial charge >= 0.3 is 0 Å². The van der Waals surface area contributed by atoms with Gasteiger partial charge in [-0.2, -0.15) is 0 Å². The van der Waals surface area contributed by atoms with Gasteiger partial charge in [0.2, 0.25) is 5.91 Å². The molecule has 7 unspecified atom stereocenters. The van der Waals surface area contributed by atoms with E-state index in [0.29, 0.717) is 6.42 Å². The van der Waals surface area contributed by atoms with E-state index in [9.17, 15) is 30.3 Å². The number of hydrogen-bond donors (Lipinski definition) is 6. The first-order chi connectivity index (χ1) is 40.8. The molecule has 1 rings (SSSR count). The summed E-state index contributed by atoms with van der Waals surface area (Å²) in [6, 6.07) is -0.820. The Morgan fingerprint density at radius 1 is 0.398 bits per heavy atom. The largest absolute Gasteiger partial charge is 0.394 e. The molecule has 0 aromatic heterocycles. The summed E-state index contributed by atoms with van der Waals surface area (Å²) in [5.41, 5.74) is 0. The third kappa shape index (κ3) is 52.3. The maximum Gasteiger partial charge on any atom is 0.220 e. The number of allylic oxidation sites excluding steroid dienone is 3. The van der Waals surface area contributed by atoms with E-state index in [1.807, 2.05) is 6.08 Å². The smallest absolute Gasteiger partial charge is 0.220 e. The number of aliphatic hydroxyl groups excluding tert-OH is 5. The molecule has 1 fully saturated rings. The maximum atomic E-state index is 13.1. The number of amides is 1. The Bertz CT molecular complexity index is 1360. The van der Waals surface area contributed by atoms with Crippen LogP contribution in [0, 0.1) is 0 Å². The highest BCUT2D eigenvalue weighted by Crippen LogP contribution is 2.24. The minimum absolute atomic E-state index is 0.177. The molecule has 83 heavy (non-hydrogen) atoms. The van der Waals surface area contributed by atoms with Gasteiger partial charge in [-0.3, -0.25) is 4.79 Å². The van der Waals surface area contributed by atoms with Crippen molar-refractivity contribution < 1.29 is 39.8 Å². The van der Waals surface area contributed by atoms with Gasteiger partial charge in [-0.15, -0.1) is 0 Å². The molecule has 7 atom stereocenters. The van der Waals surface area contributed by atoms with Gasteiger partial charge in [0.05, 0.1) is 25.4 Å². The van der Waals surface area contributed by atoms with Crippen LogP contribution in [0.25, 0.3) is 0 Å². The third-order valence-corrected chi connectivity index (χ3v) is 18.0. The van der Waals surface area contributed by atoms with Gasteiger partial charge in [0.15, 0.2) is 6.29 Å². The highest BCUT2D eigenvalue weighted by atomic mass is 16.7. The summed E-state index contributed by atoms with van der Waals surface area (Å²) in [5.74, 6) is -0.177. The molecule has 1 amide bonds. The van der Waals surface area contributed by atoms with Crippen LogP contribution >= 0.6 is 0 Å². The molecule has 0 aromatic rings. The van der Waals surface area contributed by atoms with Crippen molar-refractivity contribution in [3.8, 4) is 0 Å². The Balaban J connectivity index is 2.07. The second kappa shape index (κ2) is 63.7. The summed E-state index contributed by atoms with van der Waals surface area (Å²) in [6.07, 6.45) is 77.5. The lowest BCUT2D eigenvalue weighted by Crippen LogP contribution is -2.60. The van der Waals surface area contributed by atoms with Crippen LogP contribution in [0.15, 0.2) is 24.3 Å². The second-order valence-corrected chi connectivity index (χ2v) is 26.1. The van der Waals surface area contributed by atoms with Crippen LogP contribution in [-0.2, 0) is 14.3 Å². The van der Waals surface area contributed by atoms with Crippen LogP contribution in [0.3, 0.4) is 0 Å². The van der Waals surface area contributed by atoms with Gasteiger partial charge in [-0.25, -0.2) is 0 Å². The number of aliphatic hydroxyl groups is 5. The Labute approximate surface area is 515 Å². The van der Waals surface area contributed by atoms with Crippen molar-refractivity contribution in [3.63, 3.8) is 0 Å². The van der Waals surface area contributed by atoms with Gasteiger partial charge in [0, 0.05) is 6.42 Å². The molecule has 1 heterocycles. The van der Waals surface area contributed by atoms with Crippen molar-refractivity contribution in [1.29, 1.82) is 0 Å². The molecule has 0 aromatic carbocycles. The van der Waals surface area contributed by atoms with E-state index in [1.165, 1.54) is 327 Å². The number of rotatable bonds is 66. The number of nitrogens with one attached hydrogen (secondary N) is 1. The number of carbonyl (C=O) groups excluding carboxylic acids is 1. The van der Waals surface area contributed by atoms with Crippen LogP contribution < -0.4 is 5.32 Å². The monoisotopic (exact) mass is 1170 g/mol. The number of hydrogen-bond acceptors (Lipinski definition) is 8. The fourth-order valence-electron chi connectivity index (χ4n) is 12.2. The Morgan fingerprint density at radius 3 is 1.01 bits per heavy atom. The minimum atomic E-state index is -1.57.